The molecule has 0 saturated heterocycles. The van der Waals surface area contributed by atoms with E-state index in [9.17, 15) is 9.59 Å². The highest BCUT2D eigenvalue weighted by Gasteiger charge is 2.07. The number of carbonyl (C=O) groups is 2. The van der Waals surface area contributed by atoms with Gasteiger partial charge in [0.1, 0.15) is 0 Å². The molecule has 0 aliphatic rings. The highest BCUT2D eigenvalue weighted by Crippen LogP contribution is 2.18. The molecule has 2 aromatic carbocycles. The molecule has 0 unspecified atom stereocenters. The van der Waals surface area contributed by atoms with Gasteiger partial charge in [-0.3, -0.25) is 14.6 Å². The third-order valence-electron chi connectivity index (χ3n) is 4.02. The Bertz CT molecular complexity index is 987. The molecule has 2 amide bonds. The van der Waals surface area contributed by atoms with Crippen molar-refractivity contribution < 1.29 is 9.59 Å². The molecule has 0 fully saturated rings. The number of aromatic nitrogens is 1. The third kappa shape index (κ3) is 4.79. The van der Waals surface area contributed by atoms with Crippen LogP contribution in [0, 0.1) is 5.92 Å². The van der Waals surface area contributed by atoms with Crippen LogP contribution in [0.3, 0.4) is 0 Å². The van der Waals surface area contributed by atoms with Gasteiger partial charge in [0, 0.05) is 40.5 Å². The highest BCUT2D eigenvalue weighted by molar-refractivity contribution is 6.03. The second kappa shape index (κ2) is 8.27. The first-order chi connectivity index (χ1) is 13.0. The summed E-state index contributed by atoms with van der Waals surface area (Å²) < 4.78 is 0. The van der Waals surface area contributed by atoms with Gasteiger partial charge >= 0.3 is 0 Å². The molecule has 0 spiro atoms. The molecule has 0 aliphatic heterocycles. The molecule has 1 aromatic heterocycles. The molecule has 5 nitrogen and oxygen atoms in total. The number of benzene rings is 2. The standard InChI is InChI=1S/C22H21N3O2/c1-15(2)22(27)25-19-11-9-18(10-12-19)24-20(26)13-8-17-6-3-5-16-7-4-14-23-21(16)17/h3-15H,1-2H3,(H,24,26)(H,25,27)/b13-8+. The van der Waals surface area contributed by atoms with Gasteiger partial charge in [0.15, 0.2) is 0 Å². The summed E-state index contributed by atoms with van der Waals surface area (Å²) in [5.74, 6) is -0.363. The second-order valence-electron chi connectivity index (χ2n) is 6.47. The summed E-state index contributed by atoms with van der Waals surface area (Å²) in [7, 11) is 0. The van der Waals surface area contributed by atoms with Crippen LogP contribution >= 0.6 is 0 Å². The molecular weight excluding hydrogens is 338 g/mol. The van der Waals surface area contributed by atoms with E-state index in [1.165, 1.54) is 6.08 Å². The first-order valence-corrected chi connectivity index (χ1v) is 8.76. The fraction of sp³-hybridized carbons (Fsp3) is 0.136. The van der Waals surface area contributed by atoms with Crippen LogP contribution in [0.15, 0.2) is 66.9 Å². The quantitative estimate of drug-likeness (QED) is 0.660. The maximum atomic E-state index is 12.2. The van der Waals surface area contributed by atoms with E-state index in [4.69, 9.17) is 0 Å². The third-order valence-corrected chi connectivity index (χ3v) is 4.02. The lowest BCUT2D eigenvalue weighted by molar-refractivity contribution is -0.119. The summed E-state index contributed by atoms with van der Waals surface area (Å²) in [6.07, 6.45) is 4.97. The molecule has 0 aliphatic carbocycles. The second-order valence-corrected chi connectivity index (χ2v) is 6.47. The average Bonchev–Trinajstić information content (AvgIpc) is 2.67. The lowest BCUT2D eigenvalue weighted by Crippen LogP contribution is -2.17. The smallest absolute Gasteiger partial charge is 0.248 e. The van der Waals surface area contributed by atoms with Crippen LogP contribution in [0.1, 0.15) is 19.4 Å². The molecule has 3 rings (SSSR count). The predicted molar refractivity (Wildman–Crippen MR) is 109 cm³/mol. The SMILES string of the molecule is CC(C)C(=O)Nc1ccc(NC(=O)/C=C/c2cccc3cccnc23)cc1. The van der Waals surface area contributed by atoms with Crippen molar-refractivity contribution in [2.45, 2.75) is 13.8 Å². The number of hydrogen-bond acceptors (Lipinski definition) is 3. The van der Waals surface area contributed by atoms with Gasteiger partial charge in [0.2, 0.25) is 11.8 Å². The Kier molecular flexibility index (Phi) is 5.61. The monoisotopic (exact) mass is 359 g/mol. The molecule has 136 valence electrons. The molecule has 0 radical (unpaired) electrons. The van der Waals surface area contributed by atoms with Gasteiger partial charge in [-0.2, -0.15) is 0 Å². The molecule has 27 heavy (non-hydrogen) atoms. The summed E-state index contributed by atoms with van der Waals surface area (Å²) in [5, 5.41) is 6.64. The van der Waals surface area contributed by atoms with Crippen LogP contribution < -0.4 is 10.6 Å². The van der Waals surface area contributed by atoms with Gasteiger partial charge in [-0.15, -0.1) is 0 Å². The first-order valence-electron chi connectivity index (χ1n) is 8.76. The minimum atomic E-state index is -0.234. The molecule has 3 aromatic rings. The zero-order chi connectivity index (χ0) is 19.2. The van der Waals surface area contributed by atoms with Crippen LogP contribution in [0.5, 0.6) is 0 Å². The normalized spacial score (nSPS) is 11.1. The maximum absolute atomic E-state index is 12.2. The van der Waals surface area contributed by atoms with Crippen molar-refractivity contribution in [2.24, 2.45) is 5.92 Å². The van der Waals surface area contributed by atoms with Gasteiger partial charge in [-0.05, 0) is 36.4 Å². The van der Waals surface area contributed by atoms with Gasteiger partial charge < -0.3 is 10.6 Å². The number of carbonyl (C=O) groups excluding carboxylic acids is 2. The first kappa shape index (κ1) is 18.3. The molecule has 2 N–H and O–H groups in total. The van der Waals surface area contributed by atoms with Crippen molar-refractivity contribution >= 4 is 40.2 Å². The number of nitrogens with one attached hydrogen (secondary N) is 2. The number of amides is 2. The molecule has 0 atom stereocenters. The lowest BCUT2D eigenvalue weighted by Gasteiger charge is -2.08. The highest BCUT2D eigenvalue weighted by atomic mass is 16.2. The van der Waals surface area contributed by atoms with Gasteiger partial charge in [0.05, 0.1) is 5.52 Å². The van der Waals surface area contributed by atoms with Crippen LogP contribution in [-0.2, 0) is 9.59 Å². The Morgan fingerprint density at radius 2 is 1.59 bits per heavy atom. The zero-order valence-corrected chi connectivity index (χ0v) is 15.3. The summed E-state index contributed by atoms with van der Waals surface area (Å²) >= 11 is 0. The molecule has 5 heteroatoms. The Hall–Kier alpha value is -3.47. The van der Waals surface area contributed by atoms with E-state index in [1.807, 2.05) is 44.2 Å². The minimum Gasteiger partial charge on any atom is -0.326 e. The Balaban J connectivity index is 1.65. The fourth-order valence-corrected chi connectivity index (χ4v) is 2.54. The van der Waals surface area contributed by atoms with E-state index < -0.39 is 0 Å². The number of rotatable bonds is 5. The summed E-state index contributed by atoms with van der Waals surface area (Å²) in [6, 6.07) is 16.7. The largest absolute Gasteiger partial charge is 0.326 e. The number of para-hydroxylation sites is 1. The topological polar surface area (TPSA) is 71.1 Å². The summed E-state index contributed by atoms with van der Waals surface area (Å²) in [5.41, 5.74) is 3.09. The molecule has 0 bridgehead atoms. The van der Waals surface area contributed by atoms with Crippen molar-refractivity contribution in [1.82, 2.24) is 4.98 Å². The number of nitrogens with zero attached hydrogens (tertiary/aromatic N) is 1. The lowest BCUT2D eigenvalue weighted by atomic mass is 10.1. The number of pyridine rings is 1. The van der Waals surface area contributed by atoms with Crippen LogP contribution in [0.25, 0.3) is 17.0 Å². The van der Waals surface area contributed by atoms with Crippen molar-refractivity contribution in [3.63, 3.8) is 0 Å². The van der Waals surface area contributed by atoms with Gasteiger partial charge in [-0.25, -0.2) is 0 Å². The molecule has 0 saturated carbocycles. The van der Waals surface area contributed by atoms with Crippen LogP contribution in [0.2, 0.25) is 0 Å². The zero-order valence-electron chi connectivity index (χ0n) is 15.3. The van der Waals surface area contributed by atoms with Gasteiger partial charge in [0.25, 0.3) is 0 Å². The Morgan fingerprint density at radius 3 is 2.30 bits per heavy atom. The van der Waals surface area contributed by atoms with E-state index in [0.29, 0.717) is 11.4 Å². The average molecular weight is 359 g/mol. The number of fused-ring (bicyclic) bond motifs is 1. The molecule has 1 heterocycles. The molecular formula is C22H21N3O2. The van der Waals surface area contributed by atoms with E-state index in [-0.39, 0.29) is 17.7 Å². The van der Waals surface area contributed by atoms with Crippen LogP contribution in [-0.4, -0.2) is 16.8 Å². The summed E-state index contributed by atoms with van der Waals surface area (Å²) in [6.45, 7) is 3.67. The van der Waals surface area contributed by atoms with E-state index in [1.54, 1.807) is 36.5 Å². The van der Waals surface area contributed by atoms with Crippen molar-refractivity contribution in [3.8, 4) is 0 Å². The van der Waals surface area contributed by atoms with E-state index in [0.717, 1.165) is 16.5 Å². The fourth-order valence-electron chi connectivity index (χ4n) is 2.54. The van der Waals surface area contributed by atoms with Crippen molar-refractivity contribution in [2.75, 3.05) is 10.6 Å². The van der Waals surface area contributed by atoms with E-state index >= 15 is 0 Å². The minimum absolute atomic E-state index is 0.0431. The maximum Gasteiger partial charge on any atom is 0.248 e. The Morgan fingerprint density at radius 1 is 0.926 bits per heavy atom. The van der Waals surface area contributed by atoms with Crippen LogP contribution in [0.4, 0.5) is 11.4 Å². The van der Waals surface area contributed by atoms with Crippen molar-refractivity contribution in [3.05, 3.63) is 72.4 Å². The number of hydrogen-bond donors (Lipinski definition) is 2. The predicted octanol–water partition coefficient (Wildman–Crippen LogP) is 4.48. The summed E-state index contributed by atoms with van der Waals surface area (Å²) in [4.78, 5) is 28.2. The van der Waals surface area contributed by atoms with Crippen molar-refractivity contribution in [1.29, 1.82) is 0 Å². The van der Waals surface area contributed by atoms with Gasteiger partial charge in [-0.1, -0.05) is 38.1 Å². The Labute approximate surface area is 158 Å². The van der Waals surface area contributed by atoms with E-state index in [2.05, 4.69) is 15.6 Å². The number of anilines is 2.